The van der Waals surface area contributed by atoms with Crippen LogP contribution in [-0.2, 0) is 9.53 Å². The summed E-state index contributed by atoms with van der Waals surface area (Å²) < 4.78 is 5.69. The lowest BCUT2D eigenvalue weighted by Gasteiger charge is -2.41. The van der Waals surface area contributed by atoms with E-state index >= 15 is 0 Å². The number of hydrogen-bond donors (Lipinski definition) is 3. The summed E-state index contributed by atoms with van der Waals surface area (Å²) in [6, 6.07) is -0.170. The van der Waals surface area contributed by atoms with E-state index in [0.29, 0.717) is 12.5 Å². The van der Waals surface area contributed by atoms with E-state index in [1.807, 2.05) is 0 Å². The predicted octanol–water partition coefficient (Wildman–Crippen LogP) is 1.25. The second-order valence-electron chi connectivity index (χ2n) is 6.37. The molecular weight excluding hydrogens is 260 g/mol. The number of ether oxygens (including phenoxy) is 1. The van der Waals surface area contributed by atoms with Gasteiger partial charge in [-0.3, -0.25) is 4.79 Å². The molecule has 1 aliphatic heterocycles. The molecule has 0 aromatic carbocycles. The van der Waals surface area contributed by atoms with Crippen molar-refractivity contribution in [3.63, 3.8) is 0 Å². The number of amides is 2. The van der Waals surface area contributed by atoms with Crippen molar-refractivity contribution < 1.29 is 19.4 Å². The molecule has 6 nitrogen and oxygen atoms in total. The Bertz CT molecular complexity index is 404. The molecule has 6 heteroatoms. The Morgan fingerprint density at radius 1 is 1.25 bits per heavy atom. The van der Waals surface area contributed by atoms with Crippen LogP contribution in [0.2, 0.25) is 0 Å². The minimum atomic E-state index is -0.856. The molecule has 2 atom stereocenters. The van der Waals surface area contributed by atoms with Gasteiger partial charge in [0.05, 0.1) is 24.1 Å². The van der Waals surface area contributed by atoms with Crippen molar-refractivity contribution in [1.29, 1.82) is 0 Å². The Balaban J connectivity index is 1.52. The molecule has 2 saturated carbocycles. The van der Waals surface area contributed by atoms with Crippen molar-refractivity contribution in [1.82, 2.24) is 10.6 Å². The van der Waals surface area contributed by atoms with Crippen LogP contribution in [0.5, 0.6) is 0 Å². The summed E-state index contributed by atoms with van der Waals surface area (Å²) >= 11 is 0. The number of carboxylic acids is 1. The highest BCUT2D eigenvalue weighted by atomic mass is 16.5. The van der Waals surface area contributed by atoms with E-state index in [1.54, 1.807) is 0 Å². The Hall–Kier alpha value is -1.30. The van der Waals surface area contributed by atoms with Crippen LogP contribution in [-0.4, -0.2) is 41.4 Å². The molecule has 0 aromatic rings. The lowest BCUT2D eigenvalue weighted by atomic mass is 9.74. The first-order valence-electron chi connectivity index (χ1n) is 7.50. The zero-order valence-corrected chi connectivity index (χ0v) is 11.6. The van der Waals surface area contributed by atoms with Crippen LogP contribution in [0, 0.1) is 5.92 Å². The number of carboxylic acid groups (broad SMARTS) is 1. The average Bonchev–Trinajstić information content (AvgIpc) is 3.07. The molecule has 0 radical (unpaired) electrons. The molecule has 3 aliphatic rings. The minimum Gasteiger partial charge on any atom is -0.481 e. The van der Waals surface area contributed by atoms with Crippen LogP contribution in [0.3, 0.4) is 0 Å². The highest BCUT2D eigenvalue weighted by Crippen LogP contribution is 2.39. The first-order chi connectivity index (χ1) is 9.58. The number of carbonyl (C=O) groups excluding carboxylic acids is 1. The van der Waals surface area contributed by atoms with Crippen LogP contribution < -0.4 is 10.6 Å². The summed E-state index contributed by atoms with van der Waals surface area (Å²) in [6.07, 6.45) is 5.86. The summed E-state index contributed by atoms with van der Waals surface area (Å²) in [5.41, 5.74) is -0.537. The standard InChI is InChI=1S/C14H22N2O4/c17-11(18)8-14(5-1-6-14)16-13(19)15-10-4-7-20-12(10)9-2-3-9/h9-10,12H,1-8H2,(H,17,18)(H2,15,16,19). The molecule has 3 fully saturated rings. The normalized spacial score (nSPS) is 31.4. The van der Waals surface area contributed by atoms with E-state index in [-0.39, 0.29) is 24.6 Å². The number of hydrogen-bond acceptors (Lipinski definition) is 3. The molecule has 3 rings (SSSR count). The number of carbonyl (C=O) groups is 2. The molecule has 3 N–H and O–H groups in total. The summed E-state index contributed by atoms with van der Waals surface area (Å²) in [5, 5.41) is 14.8. The van der Waals surface area contributed by atoms with E-state index in [1.165, 1.54) is 12.8 Å². The van der Waals surface area contributed by atoms with E-state index in [4.69, 9.17) is 9.84 Å². The first-order valence-corrected chi connectivity index (χ1v) is 7.50. The maximum atomic E-state index is 12.1. The lowest BCUT2D eigenvalue weighted by molar-refractivity contribution is -0.139. The highest BCUT2D eigenvalue weighted by molar-refractivity contribution is 5.77. The van der Waals surface area contributed by atoms with Crippen LogP contribution in [0.25, 0.3) is 0 Å². The molecule has 0 aromatic heterocycles. The van der Waals surface area contributed by atoms with Crippen LogP contribution in [0.4, 0.5) is 4.79 Å². The third kappa shape index (κ3) is 2.90. The van der Waals surface area contributed by atoms with Gasteiger partial charge in [0.15, 0.2) is 0 Å². The van der Waals surface area contributed by atoms with E-state index in [2.05, 4.69) is 10.6 Å². The molecular formula is C14H22N2O4. The van der Waals surface area contributed by atoms with Gasteiger partial charge in [0.1, 0.15) is 0 Å². The summed E-state index contributed by atoms with van der Waals surface area (Å²) in [4.78, 5) is 23.0. The Kier molecular flexibility index (Phi) is 3.58. The van der Waals surface area contributed by atoms with Gasteiger partial charge < -0.3 is 20.5 Å². The largest absolute Gasteiger partial charge is 0.481 e. The fourth-order valence-corrected chi connectivity index (χ4v) is 3.34. The summed E-state index contributed by atoms with van der Waals surface area (Å²) in [7, 11) is 0. The number of rotatable bonds is 5. The molecule has 0 bridgehead atoms. The van der Waals surface area contributed by atoms with Crippen LogP contribution >= 0.6 is 0 Å². The first kappa shape index (κ1) is 13.7. The second-order valence-corrected chi connectivity index (χ2v) is 6.37. The third-order valence-corrected chi connectivity index (χ3v) is 4.72. The van der Waals surface area contributed by atoms with Gasteiger partial charge in [-0.1, -0.05) is 0 Å². The molecule has 2 amide bonds. The monoisotopic (exact) mass is 282 g/mol. The zero-order valence-electron chi connectivity index (χ0n) is 11.6. The molecule has 2 aliphatic carbocycles. The third-order valence-electron chi connectivity index (χ3n) is 4.72. The topological polar surface area (TPSA) is 87.7 Å². The number of nitrogens with one attached hydrogen (secondary N) is 2. The summed E-state index contributed by atoms with van der Waals surface area (Å²) in [5.74, 6) is -0.260. The van der Waals surface area contributed by atoms with Gasteiger partial charge in [0.2, 0.25) is 0 Å². The van der Waals surface area contributed by atoms with Crippen LogP contribution in [0.15, 0.2) is 0 Å². The van der Waals surface area contributed by atoms with Crippen molar-refractivity contribution in [3.05, 3.63) is 0 Å². The SMILES string of the molecule is O=C(O)CC1(NC(=O)NC2CCOC2C2CC2)CCC1. The van der Waals surface area contributed by atoms with Gasteiger partial charge in [-0.05, 0) is 44.4 Å². The van der Waals surface area contributed by atoms with Gasteiger partial charge in [0.25, 0.3) is 0 Å². The number of aliphatic carboxylic acids is 1. The zero-order chi connectivity index (χ0) is 14.2. The van der Waals surface area contributed by atoms with E-state index < -0.39 is 11.5 Å². The van der Waals surface area contributed by atoms with Crippen LogP contribution in [0.1, 0.15) is 44.9 Å². The maximum Gasteiger partial charge on any atom is 0.315 e. The Labute approximate surface area is 118 Å². The lowest BCUT2D eigenvalue weighted by Crippen LogP contribution is -2.59. The van der Waals surface area contributed by atoms with Crippen molar-refractivity contribution in [2.24, 2.45) is 5.92 Å². The molecule has 1 heterocycles. The fourth-order valence-electron chi connectivity index (χ4n) is 3.34. The van der Waals surface area contributed by atoms with Crippen molar-refractivity contribution >= 4 is 12.0 Å². The minimum absolute atomic E-state index is 0.00758. The molecule has 1 saturated heterocycles. The van der Waals surface area contributed by atoms with Crippen molar-refractivity contribution in [3.8, 4) is 0 Å². The van der Waals surface area contributed by atoms with Crippen molar-refractivity contribution in [2.45, 2.75) is 62.6 Å². The smallest absolute Gasteiger partial charge is 0.315 e. The molecule has 0 spiro atoms. The van der Waals surface area contributed by atoms with Gasteiger partial charge in [-0.2, -0.15) is 0 Å². The summed E-state index contributed by atoms with van der Waals surface area (Å²) in [6.45, 7) is 0.701. The van der Waals surface area contributed by atoms with E-state index in [9.17, 15) is 9.59 Å². The average molecular weight is 282 g/mol. The fraction of sp³-hybridized carbons (Fsp3) is 0.857. The van der Waals surface area contributed by atoms with Gasteiger partial charge in [-0.15, -0.1) is 0 Å². The van der Waals surface area contributed by atoms with Gasteiger partial charge >= 0.3 is 12.0 Å². The second kappa shape index (κ2) is 5.24. The van der Waals surface area contributed by atoms with Crippen molar-refractivity contribution in [2.75, 3.05) is 6.61 Å². The van der Waals surface area contributed by atoms with Gasteiger partial charge in [0, 0.05) is 6.61 Å². The van der Waals surface area contributed by atoms with Gasteiger partial charge in [-0.25, -0.2) is 4.79 Å². The maximum absolute atomic E-state index is 12.1. The molecule has 2 unspecified atom stereocenters. The Morgan fingerprint density at radius 2 is 2.00 bits per heavy atom. The van der Waals surface area contributed by atoms with E-state index in [0.717, 1.165) is 25.7 Å². The molecule has 112 valence electrons. The molecule has 20 heavy (non-hydrogen) atoms. The quantitative estimate of drug-likeness (QED) is 0.708. The highest BCUT2D eigenvalue weighted by Gasteiger charge is 2.43. The predicted molar refractivity (Wildman–Crippen MR) is 71.4 cm³/mol. The Morgan fingerprint density at radius 3 is 2.55 bits per heavy atom. The number of urea groups is 1.